The van der Waals surface area contributed by atoms with Gasteiger partial charge in [0.2, 0.25) is 0 Å². The smallest absolute Gasteiger partial charge is 0.0945 e. The van der Waals surface area contributed by atoms with Gasteiger partial charge in [-0.1, -0.05) is 0 Å². The van der Waals surface area contributed by atoms with Crippen LogP contribution in [-0.2, 0) is 6.54 Å². The van der Waals surface area contributed by atoms with Crippen LogP contribution in [-0.4, -0.2) is 21.1 Å². The van der Waals surface area contributed by atoms with E-state index in [1.165, 1.54) is 0 Å². The lowest BCUT2D eigenvalue weighted by Gasteiger charge is -2.11. The van der Waals surface area contributed by atoms with Gasteiger partial charge in [0.25, 0.3) is 0 Å². The monoisotopic (exact) mass is 281 g/mol. The van der Waals surface area contributed by atoms with Gasteiger partial charge in [-0.15, -0.1) is 0 Å². The Labute approximate surface area is 123 Å². The number of nitrogens with zero attached hydrogens (tertiary/aromatic N) is 3. The fourth-order valence-electron chi connectivity index (χ4n) is 2.43. The minimum Gasteiger partial charge on any atom is -0.398 e. The summed E-state index contributed by atoms with van der Waals surface area (Å²) in [6, 6.07) is 5.92. The van der Waals surface area contributed by atoms with Gasteiger partial charge in [0, 0.05) is 60.0 Å². The average molecular weight is 281 g/mol. The number of aromatic nitrogens is 3. The van der Waals surface area contributed by atoms with Crippen LogP contribution in [0.1, 0.15) is 12.8 Å². The van der Waals surface area contributed by atoms with Crippen LogP contribution in [0, 0.1) is 0 Å². The van der Waals surface area contributed by atoms with Crippen molar-refractivity contribution in [2.24, 2.45) is 0 Å². The molecule has 3 N–H and O–H groups in total. The van der Waals surface area contributed by atoms with Gasteiger partial charge in [0.1, 0.15) is 0 Å². The first-order valence-electron chi connectivity index (χ1n) is 7.16. The number of benzene rings is 1. The predicted octanol–water partition coefficient (Wildman–Crippen LogP) is 2.91. The highest BCUT2D eigenvalue weighted by molar-refractivity contribution is 6.00. The van der Waals surface area contributed by atoms with Gasteiger partial charge in [0.05, 0.1) is 6.33 Å². The molecule has 108 valence electrons. The number of unbranched alkanes of at least 4 members (excludes halogenated alkanes) is 1. The molecule has 2 aromatic heterocycles. The van der Waals surface area contributed by atoms with E-state index < -0.39 is 0 Å². The number of hydrogen-bond donors (Lipinski definition) is 2. The number of nitrogens with two attached hydrogens (primary N) is 1. The molecule has 5 nitrogen and oxygen atoms in total. The summed E-state index contributed by atoms with van der Waals surface area (Å²) >= 11 is 0. The quantitative estimate of drug-likeness (QED) is 0.538. The first kappa shape index (κ1) is 13.4. The Hall–Kier alpha value is -2.56. The molecule has 5 heteroatoms. The molecule has 0 atom stereocenters. The maximum absolute atomic E-state index is 5.99. The summed E-state index contributed by atoms with van der Waals surface area (Å²) in [5, 5.41) is 5.60. The molecule has 1 aromatic carbocycles. The Kier molecular flexibility index (Phi) is 4.00. The van der Waals surface area contributed by atoms with E-state index in [-0.39, 0.29) is 0 Å². The Morgan fingerprint density at radius 3 is 2.86 bits per heavy atom. The second-order valence-electron chi connectivity index (χ2n) is 5.06. The molecular formula is C16H19N5. The molecule has 0 amide bonds. The van der Waals surface area contributed by atoms with Gasteiger partial charge in [-0.05, 0) is 31.0 Å². The number of pyridine rings is 1. The largest absolute Gasteiger partial charge is 0.398 e. The van der Waals surface area contributed by atoms with E-state index in [4.69, 9.17) is 5.73 Å². The summed E-state index contributed by atoms with van der Waals surface area (Å²) in [6.07, 6.45) is 11.5. The zero-order valence-electron chi connectivity index (χ0n) is 11.9. The molecule has 3 aromatic rings. The molecule has 2 heterocycles. The number of hydrogen-bond acceptors (Lipinski definition) is 4. The number of aryl methyl sites for hydroxylation is 1. The van der Waals surface area contributed by atoms with Crippen LogP contribution in [0.25, 0.3) is 10.8 Å². The molecular weight excluding hydrogens is 262 g/mol. The van der Waals surface area contributed by atoms with E-state index in [0.717, 1.165) is 48.1 Å². The summed E-state index contributed by atoms with van der Waals surface area (Å²) in [5.74, 6) is 0. The number of fused-ring (bicyclic) bond motifs is 1. The SMILES string of the molecule is Nc1ccc(NCCCCn2ccnc2)c2cnccc12. The van der Waals surface area contributed by atoms with E-state index in [9.17, 15) is 0 Å². The highest BCUT2D eigenvalue weighted by atomic mass is 15.0. The van der Waals surface area contributed by atoms with Crippen LogP contribution in [0.15, 0.2) is 49.3 Å². The average Bonchev–Trinajstić information content (AvgIpc) is 3.03. The van der Waals surface area contributed by atoms with Crippen molar-refractivity contribution in [3.8, 4) is 0 Å². The van der Waals surface area contributed by atoms with Crippen molar-refractivity contribution in [3.05, 3.63) is 49.3 Å². The van der Waals surface area contributed by atoms with Gasteiger partial charge in [-0.2, -0.15) is 0 Å². The zero-order valence-corrected chi connectivity index (χ0v) is 11.9. The topological polar surface area (TPSA) is 68.8 Å². The third kappa shape index (κ3) is 3.13. The lowest BCUT2D eigenvalue weighted by Crippen LogP contribution is -2.04. The van der Waals surface area contributed by atoms with E-state index in [1.807, 2.05) is 43.1 Å². The fraction of sp³-hybridized carbons (Fsp3) is 0.250. The van der Waals surface area contributed by atoms with E-state index in [1.54, 1.807) is 6.20 Å². The molecule has 0 spiro atoms. The summed E-state index contributed by atoms with van der Waals surface area (Å²) in [4.78, 5) is 8.23. The molecule has 0 bridgehead atoms. The molecule has 0 radical (unpaired) electrons. The number of rotatable bonds is 6. The van der Waals surface area contributed by atoms with Crippen LogP contribution in [0.2, 0.25) is 0 Å². The molecule has 0 aliphatic carbocycles. The molecule has 0 saturated heterocycles. The van der Waals surface area contributed by atoms with Gasteiger partial charge in [-0.25, -0.2) is 4.98 Å². The molecule has 0 saturated carbocycles. The molecule has 0 fully saturated rings. The van der Waals surface area contributed by atoms with Gasteiger partial charge < -0.3 is 15.6 Å². The maximum atomic E-state index is 5.99. The second-order valence-corrected chi connectivity index (χ2v) is 5.06. The minimum absolute atomic E-state index is 0.790. The first-order valence-corrected chi connectivity index (χ1v) is 7.16. The third-order valence-electron chi connectivity index (χ3n) is 3.57. The summed E-state index contributed by atoms with van der Waals surface area (Å²) in [6.45, 7) is 1.94. The summed E-state index contributed by atoms with van der Waals surface area (Å²) in [7, 11) is 0. The lowest BCUT2D eigenvalue weighted by molar-refractivity contribution is 0.621. The zero-order chi connectivity index (χ0) is 14.5. The summed E-state index contributed by atoms with van der Waals surface area (Å²) < 4.78 is 2.10. The number of anilines is 2. The van der Waals surface area contributed by atoms with Crippen molar-refractivity contribution >= 4 is 22.1 Å². The molecule has 0 unspecified atom stereocenters. The molecule has 0 aliphatic heterocycles. The summed E-state index contributed by atoms with van der Waals surface area (Å²) in [5.41, 5.74) is 7.87. The fourth-order valence-corrected chi connectivity index (χ4v) is 2.43. The Morgan fingerprint density at radius 1 is 1.05 bits per heavy atom. The number of nitrogens with one attached hydrogen (secondary N) is 1. The number of nitrogen functional groups attached to an aromatic ring is 1. The third-order valence-corrected chi connectivity index (χ3v) is 3.57. The van der Waals surface area contributed by atoms with Crippen LogP contribution >= 0.6 is 0 Å². The highest BCUT2D eigenvalue weighted by Gasteiger charge is 2.03. The van der Waals surface area contributed by atoms with Crippen LogP contribution in [0.5, 0.6) is 0 Å². The second kappa shape index (κ2) is 6.26. The van der Waals surface area contributed by atoms with Crippen molar-refractivity contribution < 1.29 is 0 Å². The normalized spacial score (nSPS) is 10.9. The molecule has 21 heavy (non-hydrogen) atoms. The first-order chi connectivity index (χ1) is 10.3. The van der Waals surface area contributed by atoms with E-state index in [2.05, 4.69) is 19.9 Å². The van der Waals surface area contributed by atoms with Crippen LogP contribution in [0.4, 0.5) is 11.4 Å². The molecule has 0 aliphatic rings. The van der Waals surface area contributed by atoms with Crippen molar-refractivity contribution in [3.63, 3.8) is 0 Å². The highest BCUT2D eigenvalue weighted by Crippen LogP contribution is 2.27. The number of imidazole rings is 1. The van der Waals surface area contributed by atoms with Crippen LogP contribution in [0.3, 0.4) is 0 Å². The standard InChI is InChI=1S/C16H19N5/c17-15-3-4-16(14-11-18-7-5-13(14)15)20-6-1-2-9-21-10-8-19-12-21/h3-5,7-8,10-12,20H,1-2,6,9,17H2. The van der Waals surface area contributed by atoms with E-state index >= 15 is 0 Å². The van der Waals surface area contributed by atoms with Gasteiger partial charge in [-0.3, -0.25) is 4.98 Å². The van der Waals surface area contributed by atoms with Crippen molar-refractivity contribution in [2.45, 2.75) is 19.4 Å². The van der Waals surface area contributed by atoms with Gasteiger partial charge in [0.15, 0.2) is 0 Å². The van der Waals surface area contributed by atoms with Crippen molar-refractivity contribution in [1.29, 1.82) is 0 Å². The minimum atomic E-state index is 0.790. The Balaban J connectivity index is 1.57. The maximum Gasteiger partial charge on any atom is 0.0945 e. The Bertz CT molecular complexity index is 706. The Morgan fingerprint density at radius 2 is 2.00 bits per heavy atom. The van der Waals surface area contributed by atoms with Crippen molar-refractivity contribution in [1.82, 2.24) is 14.5 Å². The van der Waals surface area contributed by atoms with E-state index in [0.29, 0.717) is 0 Å². The van der Waals surface area contributed by atoms with Gasteiger partial charge >= 0.3 is 0 Å². The lowest BCUT2D eigenvalue weighted by atomic mass is 10.1. The van der Waals surface area contributed by atoms with Crippen molar-refractivity contribution in [2.75, 3.05) is 17.6 Å². The van der Waals surface area contributed by atoms with Crippen LogP contribution < -0.4 is 11.1 Å². The predicted molar refractivity (Wildman–Crippen MR) is 86.1 cm³/mol. The molecule has 3 rings (SSSR count).